The van der Waals surface area contributed by atoms with Crippen LogP contribution < -0.4 is 10.3 Å². The minimum absolute atomic E-state index is 0.00592. The van der Waals surface area contributed by atoms with E-state index in [4.69, 9.17) is 4.74 Å². The summed E-state index contributed by atoms with van der Waals surface area (Å²) in [5.41, 5.74) is 0.681. The summed E-state index contributed by atoms with van der Waals surface area (Å²) >= 11 is 0. The smallest absolute Gasteiger partial charge is 0.261 e. The molecular formula is C17H19N3O3. The van der Waals surface area contributed by atoms with E-state index in [1.165, 1.54) is 0 Å². The second kappa shape index (κ2) is 5.68. The third kappa shape index (κ3) is 2.58. The van der Waals surface area contributed by atoms with Crippen molar-refractivity contribution >= 4 is 16.8 Å². The highest BCUT2D eigenvalue weighted by Gasteiger charge is 2.19. The molecule has 6 heteroatoms. The van der Waals surface area contributed by atoms with E-state index < -0.39 is 0 Å². The molecule has 1 aromatic heterocycles. The zero-order valence-corrected chi connectivity index (χ0v) is 13.0. The molecule has 0 unspecified atom stereocenters. The standard InChI is InChI=1S/C17H19N3O3/c21-16(19-7-1-2-8-19)11-23-12-5-6-14-13(10-12)17(22)20-9-3-4-15(20)18-14/h5-6,10H,1-4,7-9,11H2. The van der Waals surface area contributed by atoms with Gasteiger partial charge in [-0.05, 0) is 37.5 Å². The summed E-state index contributed by atoms with van der Waals surface area (Å²) in [6.45, 7) is 2.38. The van der Waals surface area contributed by atoms with Gasteiger partial charge in [-0.15, -0.1) is 0 Å². The molecule has 0 spiro atoms. The van der Waals surface area contributed by atoms with Crippen LogP contribution >= 0.6 is 0 Å². The fraction of sp³-hybridized carbons (Fsp3) is 0.471. The van der Waals surface area contributed by atoms with E-state index in [0.29, 0.717) is 16.7 Å². The summed E-state index contributed by atoms with van der Waals surface area (Å²) in [7, 11) is 0. The number of amides is 1. The Kier molecular flexibility index (Phi) is 3.52. The number of aryl methyl sites for hydroxylation is 1. The fourth-order valence-corrected chi connectivity index (χ4v) is 3.36. The van der Waals surface area contributed by atoms with Crippen LogP contribution in [-0.4, -0.2) is 40.1 Å². The maximum atomic E-state index is 12.5. The molecule has 0 radical (unpaired) electrons. The number of carbonyl (C=O) groups is 1. The van der Waals surface area contributed by atoms with Crippen molar-refractivity contribution in [1.29, 1.82) is 0 Å². The van der Waals surface area contributed by atoms with Gasteiger partial charge in [-0.2, -0.15) is 0 Å². The van der Waals surface area contributed by atoms with Crippen LogP contribution in [0.2, 0.25) is 0 Å². The van der Waals surface area contributed by atoms with E-state index in [-0.39, 0.29) is 18.1 Å². The van der Waals surface area contributed by atoms with Crippen molar-refractivity contribution in [3.8, 4) is 5.75 Å². The topological polar surface area (TPSA) is 64.4 Å². The Bertz CT molecular complexity index is 822. The molecule has 120 valence electrons. The molecule has 2 aliphatic rings. The normalized spacial score (nSPS) is 16.8. The molecule has 1 fully saturated rings. The van der Waals surface area contributed by atoms with Gasteiger partial charge in [0.25, 0.3) is 11.5 Å². The number of carbonyl (C=O) groups excluding carboxylic acids is 1. The molecule has 23 heavy (non-hydrogen) atoms. The molecular weight excluding hydrogens is 294 g/mol. The van der Waals surface area contributed by atoms with E-state index in [2.05, 4.69) is 4.98 Å². The molecule has 1 aromatic carbocycles. The molecule has 2 aliphatic heterocycles. The highest BCUT2D eigenvalue weighted by molar-refractivity contribution is 5.80. The highest BCUT2D eigenvalue weighted by atomic mass is 16.5. The van der Waals surface area contributed by atoms with E-state index in [9.17, 15) is 9.59 Å². The molecule has 3 heterocycles. The van der Waals surface area contributed by atoms with Crippen LogP contribution in [0.3, 0.4) is 0 Å². The number of nitrogens with zero attached hydrogens (tertiary/aromatic N) is 3. The lowest BCUT2D eigenvalue weighted by atomic mass is 10.2. The Morgan fingerprint density at radius 1 is 1.17 bits per heavy atom. The molecule has 0 atom stereocenters. The van der Waals surface area contributed by atoms with Gasteiger partial charge in [-0.3, -0.25) is 14.2 Å². The molecule has 2 aromatic rings. The van der Waals surface area contributed by atoms with Crippen LogP contribution in [0.15, 0.2) is 23.0 Å². The Morgan fingerprint density at radius 3 is 2.83 bits per heavy atom. The first kappa shape index (κ1) is 14.2. The highest BCUT2D eigenvalue weighted by Crippen LogP contribution is 2.20. The number of likely N-dealkylation sites (tertiary alicyclic amines) is 1. The van der Waals surface area contributed by atoms with Gasteiger partial charge in [-0.25, -0.2) is 4.98 Å². The van der Waals surface area contributed by atoms with Gasteiger partial charge >= 0.3 is 0 Å². The lowest BCUT2D eigenvalue weighted by molar-refractivity contribution is -0.132. The van der Waals surface area contributed by atoms with Crippen LogP contribution in [0.25, 0.3) is 10.9 Å². The van der Waals surface area contributed by atoms with Crippen LogP contribution in [0, 0.1) is 0 Å². The number of hydrogen-bond donors (Lipinski definition) is 0. The third-order valence-corrected chi connectivity index (χ3v) is 4.61. The van der Waals surface area contributed by atoms with Crippen molar-refractivity contribution < 1.29 is 9.53 Å². The zero-order valence-electron chi connectivity index (χ0n) is 13.0. The monoisotopic (exact) mass is 313 g/mol. The quantitative estimate of drug-likeness (QED) is 0.858. The number of fused-ring (bicyclic) bond motifs is 2. The Morgan fingerprint density at radius 2 is 2.00 bits per heavy atom. The van der Waals surface area contributed by atoms with Gasteiger partial charge in [0, 0.05) is 26.1 Å². The molecule has 6 nitrogen and oxygen atoms in total. The van der Waals surface area contributed by atoms with Crippen molar-refractivity contribution in [2.24, 2.45) is 0 Å². The van der Waals surface area contributed by atoms with Gasteiger partial charge in [0.05, 0.1) is 10.9 Å². The van der Waals surface area contributed by atoms with E-state index in [0.717, 1.165) is 51.1 Å². The zero-order chi connectivity index (χ0) is 15.8. The van der Waals surface area contributed by atoms with Gasteiger partial charge in [0.15, 0.2) is 6.61 Å². The lowest BCUT2D eigenvalue weighted by Gasteiger charge is -2.15. The number of ether oxygens (including phenoxy) is 1. The molecule has 4 rings (SSSR count). The van der Waals surface area contributed by atoms with Crippen molar-refractivity contribution in [2.45, 2.75) is 32.2 Å². The lowest BCUT2D eigenvalue weighted by Crippen LogP contribution is -2.32. The second-order valence-corrected chi connectivity index (χ2v) is 6.14. The van der Waals surface area contributed by atoms with Crippen molar-refractivity contribution in [3.05, 3.63) is 34.4 Å². The van der Waals surface area contributed by atoms with E-state index in [1.54, 1.807) is 22.8 Å². The summed E-state index contributed by atoms with van der Waals surface area (Å²) in [6.07, 6.45) is 3.95. The summed E-state index contributed by atoms with van der Waals surface area (Å²) < 4.78 is 7.33. The average Bonchev–Trinajstić information content (AvgIpc) is 3.24. The van der Waals surface area contributed by atoms with Gasteiger partial charge in [0.2, 0.25) is 0 Å². The van der Waals surface area contributed by atoms with Crippen molar-refractivity contribution in [1.82, 2.24) is 14.5 Å². The number of aromatic nitrogens is 2. The van der Waals surface area contributed by atoms with Gasteiger partial charge in [0.1, 0.15) is 11.6 Å². The minimum atomic E-state index is -0.0150. The number of rotatable bonds is 3. The fourth-order valence-electron chi connectivity index (χ4n) is 3.36. The predicted octanol–water partition coefficient (Wildman–Crippen LogP) is 1.34. The van der Waals surface area contributed by atoms with Crippen molar-refractivity contribution in [2.75, 3.05) is 19.7 Å². The molecule has 0 bridgehead atoms. The molecule has 0 saturated carbocycles. The number of benzene rings is 1. The Labute approximate surface area is 133 Å². The Hall–Kier alpha value is -2.37. The molecule has 1 saturated heterocycles. The summed E-state index contributed by atoms with van der Waals surface area (Å²) in [5, 5.41) is 0.557. The van der Waals surface area contributed by atoms with E-state index >= 15 is 0 Å². The van der Waals surface area contributed by atoms with Gasteiger partial charge < -0.3 is 9.64 Å². The second-order valence-electron chi connectivity index (χ2n) is 6.14. The molecule has 0 aliphatic carbocycles. The average molecular weight is 313 g/mol. The SMILES string of the molecule is O=C(COc1ccc2nc3n(c(=O)c2c1)CCC3)N1CCCC1. The Balaban J connectivity index is 1.57. The maximum Gasteiger partial charge on any atom is 0.261 e. The molecule has 0 N–H and O–H groups in total. The van der Waals surface area contributed by atoms with Crippen LogP contribution in [0.4, 0.5) is 0 Å². The maximum absolute atomic E-state index is 12.5. The first-order valence-corrected chi connectivity index (χ1v) is 8.16. The summed E-state index contributed by atoms with van der Waals surface area (Å²) in [4.78, 5) is 30.9. The van der Waals surface area contributed by atoms with Crippen LogP contribution in [0.5, 0.6) is 5.75 Å². The third-order valence-electron chi connectivity index (χ3n) is 4.61. The molecule has 1 amide bonds. The van der Waals surface area contributed by atoms with Crippen molar-refractivity contribution in [3.63, 3.8) is 0 Å². The predicted molar refractivity (Wildman–Crippen MR) is 85.6 cm³/mol. The number of hydrogen-bond acceptors (Lipinski definition) is 4. The van der Waals surface area contributed by atoms with Crippen LogP contribution in [0.1, 0.15) is 25.1 Å². The van der Waals surface area contributed by atoms with E-state index in [1.807, 2.05) is 4.90 Å². The first-order valence-electron chi connectivity index (χ1n) is 8.16. The first-order chi connectivity index (χ1) is 11.2. The minimum Gasteiger partial charge on any atom is -0.484 e. The largest absolute Gasteiger partial charge is 0.484 e. The summed E-state index contributed by atoms with van der Waals surface area (Å²) in [5.74, 6) is 1.41. The van der Waals surface area contributed by atoms with Crippen LogP contribution in [-0.2, 0) is 17.8 Å². The summed E-state index contributed by atoms with van der Waals surface area (Å²) in [6, 6.07) is 5.27. The van der Waals surface area contributed by atoms with Gasteiger partial charge in [-0.1, -0.05) is 0 Å².